The molecule has 1 saturated heterocycles. The average molecular weight is 732 g/mol. The second-order valence-electron chi connectivity index (χ2n) is 14.6. The molecule has 2 atom stereocenters. The number of hydrogen-bond donors (Lipinski definition) is 3. The minimum absolute atomic E-state index is 0.0758. The minimum Gasteiger partial charge on any atom is -0.483 e. The van der Waals surface area contributed by atoms with E-state index in [1.54, 1.807) is 7.11 Å². The Kier molecular flexibility index (Phi) is 10.0. The standard InChI is InChI=1S/C46H49N7O2/c1-6-12-42(54)52(24-7-2)28-41-48-38-22-18-34-26-32(16-20-36(34)44(38)50-41)33-17-21-37-35(27-33)19-23-39-45(37)51-46(49-39)40-15-11-25-53(40)29(3)43(47-30(4)55-5)31-13-9-8-10-14-31/h8-10,13-14,16-23,26-27,40,43,47H,3-4,6-7,11-12,15,24-25,28H2,1-2,5H3,(H,48,50)(H,49,51)/t40-,43?/m0/s1. The highest BCUT2D eigenvalue weighted by molar-refractivity contribution is 6.07. The molecular formula is C46H49N7O2. The number of benzene rings is 5. The van der Waals surface area contributed by atoms with Crippen molar-refractivity contribution < 1.29 is 9.53 Å². The summed E-state index contributed by atoms with van der Waals surface area (Å²) in [7, 11) is 1.62. The molecule has 8 rings (SSSR count). The minimum atomic E-state index is -0.181. The number of carbonyl (C=O) groups is 1. The van der Waals surface area contributed by atoms with Crippen LogP contribution in [0.4, 0.5) is 0 Å². The number of aromatic amines is 2. The van der Waals surface area contributed by atoms with E-state index in [-0.39, 0.29) is 18.0 Å². The number of nitrogens with zero attached hydrogens (tertiary/aromatic N) is 4. The predicted molar refractivity (Wildman–Crippen MR) is 223 cm³/mol. The van der Waals surface area contributed by atoms with Crippen molar-refractivity contribution in [1.29, 1.82) is 0 Å². The number of carbonyl (C=O) groups excluding carboxylic acids is 1. The Morgan fingerprint density at radius 1 is 0.891 bits per heavy atom. The van der Waals surface area contributed by atoms with E-state index in [2.05, 4.69) is 113 Å². The number of H-pyrrole nitrogens is 2. The van der Waals surface area contributed by atoms with Crippen molar-refractivity contribution in [2.45, 2.75) is 64.6 Å². The Balaban J connectivity index is 1.06. The van der Waals surface area contributed by atoms with E-state index in [1.807, 2.05) is 30.0 Å². The number of imidazole rings is 2. The Morgan fingerprint density at radius 2 is 1.56 bits per heavy atom. The second kappa shape index (κ2) is 15.3. The van der Waals surface area contributed by atoms with Crippen molar-refractivity contribution in [2.75, 3.05) is 20.2 Å². The van der Waals surface area contributed by atoms with E-state index >= 15 is 0 Å². The van der Waals surface area contributed by atoms with Crippen LogP contribution in [0, 0.1) is 0 Å². The van der Waals surface area contributed by atoms with Crippen LogP contribution in [0.5, 0.6) is 0 Å². The average Bonchev–Trinajstić information content (AvgIpc) is 3.98. The van der Waals surface area contributed by atoms with Gasteiger partial charge < -0.3 is 29.8 Å². The molecule has 5 aromatic carbocycles. The van der Waals surface area contributed by atoms with Gasteiger partial charge in [0.15, 0.2) is 5.88 Å². The fourth-order valence-electron chi connectivity index (χ4n) is 8.18. The maximum Gasteiger partial charge on any atom is 0.222 e. The van der Waals surface area contributed by atoms with Crippen LogP contribution >= 0.6 is 0 Å². The molecule has 3 heterocycles. The predicted octanol–water partition coefficient (Wildman–Crippen LogP) is 10.1. The normalized spacial score (nSPS) is 14.9. The summed E-state index contributed by atoms with van der Waals surface area (Å²) in [5.74, 6) is 2.46. The molecule has 1 aliphatic heterocycles. The van der Waals surface area contributed by atoms with Gasteiger partial charge in [0.2, 0.25) is 5.91 Å². The third kappa shape index (κ3) is 7.02. The van der Waals surface area contributed by atoms with Crippen LogP contribution in [0.1, 0.15) is 75.2 Å². The topological polar surface area (TPSA) is 102 Å². The third-order valence-corrected chi connectivity index (χ3v) is 11.0. The molecule has 3 N–H and O–H groups in total. The quantitative estimate of drug-likeness (QED) is 0.0963. The van der Waals surface area contributed by atoms with E-state index in [0.717, 1.165) is 116 Å². The lowest BCUT2D eigenvalue weighted by Gasteiger charge is -2.33. The van der Waals surface area contributed by atoms with Crippen LogP contribution in [-0.4, -0.2) is 55.8 Å². The van der Waals surface area contributed by atoms with Gasteiger partial charge in [-0.1, -0.05) is 87.2 Å². The molecule has 2 aromatic heterocycles. The monoisotopic (exact) mass is 731 g/mol. The van der Waals surface area contributed by atoms with E-state index in [0.29, 0.717) is 18.8 Å². The summed E-state index contributed by atoms with van der Waals surface area (Å²) < 4.78 is 5.41. The molecule has 9 heteroatoms. The zero-order valence-electron chi connectivity index (χ0n) is 32.0. The summed E-state index contributed by atoms with van der Waals surface area (Å²) in [5, 5.41) is 7.99. The van der Waals surface area contributed by atoms with E-state index in [1.165, 1.54) is 0 Å². The van der Waals surface area contributed by atoms with Gasteiger partial charge in [0.25, 0.3) is 0 Å². The molecule has 0 radical (unpaired) electrons. The summed E-state index contributed by atoms with van der Waals surface area (Å²) in [5.41, 5.74) is 8.29. The molecule has 1 amide bonds. The number of nitrogens with one attached hydrogen (secondary N) is 3. The number of methoxy groups -OCH3 is 1. The molecule has 1 unspecified atom stereocenters. The maximum absolute atomic E-state index is 12.7. The Labute approximate surface area is 322 Å². The van der Waals surface area contributed by atoms with Crippen LogP contribution in [0.3, 0.4) is 0 Å². The molecule has 0 aliphatic carbocycles. The summed E-state index contributed by atoms with van der Waals surface area (Å²) in [6.45, 7) is 14.9. The van der Waals surface area contributed by atoms with Crippen LogP contribution in [0.2, 0.25) is 0 Å². The van der Waals surface area contributed by atoms with Gasteiger partial charge in [-0.3, -0.25) is 4.79 Å². The highest BCUT2D eigenvalue weighted by atomic mass is 16.5. The zero-order valence-corrected chi connectivity index (χ0v) is 32.0. The first kappa shape index (κ1) is 35.9. The van der Waals surface area contributed by atoms with Crippen LogP contribution in [0.25, 0.3) is 54.7 Å². The van der Waals surface area contributed by atoms with Crippen molar-refractivity contribution >= 4 is 49.5 Å². The number of fused-ring (bicyclic) bond motifs is 6. The third-order valence-electron chi connectivity index (χ3n) is 11.0. The lowest BCUT2D eigenvalue weighted by Crippen LogP contribution is -2.32. The van der Waals surface area contributed by atoms with Crippen molar-refractivity contribution in [1.82, 2.24) is 35.1 Å². The fraction of sp³-hybridized carbons (Fsp3) is 0.283. The lowest BCUT2D eigenvalue weighted by atomic mass is 9.98. The van der Waals surface area contributed by atoms with Gasteiger partial charge in [-0.25, -0.2) is 9.97 Å². The molecule has 0 saturated carbocycles. The second-order valence-corrected chi connectivity index (χ2v) is 14.6. The highest BCUT2D eigenvalue weighted by Gasteiger charge is 2.33. The summed E-state index contributed by atoms with van der Waals surface area (Å²) in [6.07, 6.45) is 4.36. The van der Waals surface area contributed by atoms with Gasteiger partial charge in [-0.2, -0.15) is 0 Å². The fourth-order valence-corrected chi connectivity index (χ4v) is 8.18. The van der Waals surface area contributed by atoms with E-state index in [9.17, 15) is 4.79 Å². The first-order chi connectivity index (χ1) is 26.8. The Morgan fingerprint density at radius 3 is 2.22 bits per heavy atom. The Bertz CT molecular complexity index is 2530. The Hall–Kier alpha value is -6.09. The van der Waals surface area contributed by atoms with Crippen molar-refractivity contribution in [3.8, 4) is 11.1 Å². The molecule has 0 spiro atoms. The molecule has 55 heavy (non-hydrogen) atoms. The molecule has 7 aromatic rings. The van der Waals surface area contributed by atoms with Gasteiger partial charge in [0, 0.05) is 36.0 Å². The first-order valence-electron chi connectivity index (χ1n) is 19.5. The molecule has 1 fully saturated rings. The molecular weight excluding hydrogens is 683 g/mol. The van der Waals surface area contributed by atoms with Crippen LogP contribution in [-0.2, 0) is 16.1 Å². The number of amides is 1. The maximum atomic E-state index is 12.7. The molecule has 1 aliphatic rings. The summed E-state index contributed by atoms with van der Waals surface area (Å²) in [4.78, 5) is 34.3. The van der Waals surface area contributed by atoms with Crippen molar-refractivity contribution in [3.05, 3.63) is 133 Å². The molecule has 0 bridgehead atoms. The number of ether oxygens (including phenoxy) is 1. The zero-order chi connectivity index (χ0) is 38.1. The van der Waals surface area contributed by atoms with Gasteiger partial charge in [-0.05, 0) is 84.0 Å². The smallest absolute Gasteiger partial charge is 0.222 e. The van der Waals surface area contributed by atoms with Gasteiger partial charge in [-0.15, -0.1) is 0 Å². The number of aromatic nitrogens is 4. The van der Waals surface area contributed by atoms with Gasteiger partial charge in [0.05, 0.1) is 47.8 Å². The van der Waals surface area contributed by atoms with E-state index < -0.39 is 0 Å². The number of rotatable bonds is 14. The van der Waals surface area contributed by atoms with E-state index in [4.69, 9.17) is 14.7 Å². The van der Waals surface area contributed by atoms with Crippen molar-refractivity contribution in [3.63, 3.8) is 0 Å². The highest BCUT2D eigenvalue weighted by Crippen LogP contribution is 2.39. The van der Waals surface area contributed by atoms with Gasteiger partial charge >= 0.3 is 0 Å². The van der Waals surface area contributed by atoms with Crippen molar-refractivity contribution in [2.24, 2.45) is 0 Å². The SMILES string of the molecule is C=C(NC(C(=C)N1CCC[C@H]1c1nc2ccc3cc(-c4ccc5c(ccc6nc(CN(CCC)C(=O)CCC)[nH]c65)c4)ccc3c2[nH]1)c1ccccc1)OC. The van der Waals surface area contributed by atoms with Crippen LogP contribution in [0.15, 0.2) is 116 Å². The number of likely N-dealkylation sites (tertiary alicyclic amines) is 1. The number of hydrogen-bond acceptors (Lipinski definition) is 6. The molecule has 280 valence electrons. The van der Waals surface area contributed by atoms with Crippen LogP contribution < -0.4 is 5.32 Å². The largest absolute Gasteiger partial charge is 0.483 e. The summed E-state index contributed by atoms with van der Waals surface area (Å²) >= 11 is 0. The summed E-state index contributed by atoms with van der Waals surface area (Å²) in [6, 6.07) is 32.0. The molecule has 9 nitrogen and oxygen atoms in total. The van der Waals surface area contributed by atoms with Gasteiger partial charge in [0.1, 0.15) is 11.6 Å². The first-order valence-corrected chi connectivity index (χ1v) is 19.5. The lowest BCUT2D eigenvalue weighted by molar-refractivity contribution is -0.132.